The molecule has 0 atom stereocenters. The Hall–Kier alpha value is -2.03. The first kappa shape index (κ1) is 10.1. The molecule has 0 aliphatic carbocycles. The van der Waals surface area contributed by atoms with Gasteiger partial charge in [0.15, 0.2) is 5.82 Å². The predicted molar refractivity (Wildman–Crippen MR) is 41.5 cm³/mol. The predicted octanol–water partition coefficient (Wildman–Crippen LogP) is -2.71. The SMILES string of the molecule is NNC(=O)Cn1nnnc1CC(=O)O. The lowest BCUT2D eigenvalue weighted by Crippen LogP contribution is -2.34. The van der Waals surface area contributed by atoms with Gasteiger partial charge in [0.1, 0.15) is 13.0 Å². The lowest BCUT2D eigenvalue weighted by Gasteiger charge is -2.00. The Balaban J connectivity index is 2.72. The Kier molecular flexibility index (Phi) is 3.07. The molecule has 0 unspecified atom stereocenters. The van der Waals surface area contributed by atoms with Crippen molar-refractivity contribution in [2.45, 2.75) is 13.0 Å². The standard InChI is InChI=1S/C5H8N6O3/c6-7-4(12)2-11-3(1-5(13)14)8-9-10-11/h1-2,6H2,(H,7,12)(H,13,14). The van der Waals surface area contributed by atoms with E-state index < -0.39 is 11.9 Å². The van der Waals surface area contributed by atoms with Crippen LogP contribution >= 0.6 is 0 Å². The van der Waals surface area contributed by atoms with Gasteiger partial charge < -0.3 is 5.11 Å². The summed E-state index contributed by atoms with van der Waals surface area (Å²) in [5, 5.41) is 18.6. The van der Waals surface area contributed by atoms with E-state index in [1.54, 1.807) is 0 Å². The van der Waals surface area contributed by atoms with Gasteiger partial charge in [-0.3, -0.25) is 15.0 Å². The number of nitrogens with zero attached hydrogens (tertiary/aromatic N) is 4. The van der Waals surface area contributed by atoms with Crippen LogP contribution in [0.25, 0.3) is 0 Å². The Morgan fingerprint density at radius 1 is 1.57 bits per heavy atom. The highest BCUT2D eigenvalue weighted by molar-refractivity contribution is 5.75. The van der Waals surface area contributed by atoms with Crippen molar-refractivity contribution < 1.29 is 14.7 Å². The molecule has 0 radical (unpaired) electrons. The van der Waals surface area contributed by atoms with E-state index in [0.29, 0.717) is 0 Å². The molecule has 9 heteroatoms. The van der Waals surface area contributed by atoms with E-state index in [4.69, 9.17) is 10.9 Å². The third-order valence-corrected chi connectivity index (χ3v) is 1.37. The largest absolute Gasteiger partial charge is 0.481 e. The summed E-state index contributed by atoms with van der Waals surface area (Å²) in [7, 11) is 0. The summed E-state index contributed by atoms with van der Waals surface area (Å²) in [5.41, 5.74) is 1.88. The molecule has 0 saturated carbocycles. The molecule has 0 aliphatic heterocycles. The molecular formula is C5H8N6O3. The zero-order chi connectivity index (χ0) is 10.6. The minimum atomic E-state index is -1.07. The highest BCUT2D eigenvalue weighted by Crippen LogP contribution is 1.93. The summed E-state index contributed by atoms with van der Waals surface area (Å²) < 4.78 is 1.07. The van der Waals surface area contributed by atoms with Crippen molar-refractivity contribution >= 4 is 11.9 Å². The first-order valence-corrected chi connectivity index (χ1v) is 3.59. The number of rotatable bonds is 4. The van der Waals surface area contributed by atoms with Crippen LogP contribution in [0.2, 0.25) is 0 Å². The van der Waals surface area contributed by atoms with Crippen LogP contribution in [-0.4, -0.2) is 37.2 Å². The van der Waals surface area contributed by atoms with Crippen LogP contribution in [0.4, 0.5) is 0 Å². The lowest BCUT2D eigenvalue weighted by atomic mass is 10.4. The third-order valence-electron chi connectivity index (χ3n) is 1.37. The fraction of sp³-hybridized carbons (Fsp3) is 0.400. The maximum atomic E-state index is 10.8. The number of hydrogen-bond donors (Lipinski definition) is 3. The molecule has 76 valence electrons. The van der Waals surface area contributed by atoms with Crippen molar-refractivity contribution in [1.82, 2.24) is 25.6 Å². The molecule has 1 aromatic heterocycles. The minimum absolute atomic E-state index is 0.0982. The molecule has 1 rings (SSSR count). The maximum absolute atomic E-state index is 10.8. The van der Waals surface area contributed by atoms with Gasteiger partial charge in [0, 0.05) is 0 Å². The normalized spacial score (nSPS) is 9.79. The van der Waals surface area contributed by atoms with Crippen molar-refractivity contribution in [2.75, 3.05) is 0 Å². The van der Waals surface area contributed by atoms with E-state index in [1.165, 1.54) is 0 Å². The fourth-order valence-electron chi connectivity index (χ4n) is 0.790. The summed E-state index contributed by atoms with van der Waals surface area (Å²) in [6.45, 7) is -0.202. The Morgan fingerprint density at radius 2 is 2.29 bits per heavy atom. The number of nitrogens with two attached hydrogens (primary N) is 1. The molecule has 0 bridgehead atoms. The average molecular weight is 200 g/mol. The van der Waals surface area contributed by atoms with Gasteiger partial charge in [0.25, 0.3) is 5.91 Å². The van der Waals surface area contributed by atoms with Gasteiger partial charge in [-0.2, -0.15) is 0 Å². The van der Waals surface area contributed by atoms with Gasteiger partial charge in [-0.15, -0.1) is 5.10 Å². The molecule has 0 aliphatic rings. The summed E-state index contributed by atoms with van der Waals surface area (Å²) in [4.78, 5) is 21.2. The van der Waals surface area contributed by atoms with Gasteiger partial charge in [0.2, 0.25) is 0 Å². The number of aromatic nitrogens is 4. The molecule has 1 amide bonds. The second-order valence-corrected chi connectivity index (χ2v) is 2.39. The topological polar surface area (TPSA) is 136 Å². The van der Waals surface area contributed by atoms with Crippen molar-refractivity contribution in [3.63, 3.8) is 0 Å². The molecular weight excluding hydrogens is 192 g/mol. The molecule has 4 N–H and O–H groups in total. The van der Waals surface area contributed by atoms with E-state index in [2.05, 4.69) is 15.5 Å². The van der Waals surface area contributed by atoms with Gasteiger partial charge in [-0.05, 0) is 10.4 Å². The first-order chi connectivity index (χ1) is 6.63. The van der Waals surface area contributed by atoms with Gasteiger partial charge in [0.05, 0.1) is 0 Å². The van der Waals surface area contributed by atoms with Crippen molar-refractivity contribution in [3.05, 3.63) is 5.82 Å². The summed E-state index contributed by atoms with van der Waals surface area (Å²) in [5.74, 6) is 3.36. The van der Waals surface area contributed by atoms with Crippen LogP contribution in [0.1, 0.15) is 5.82 Å². The number of carboxylic acid groups (broad SMARTS) is 1. The van der Waals surface area contributed by atoms with E-state index in [-0.39, 0.29) is 18.8 Å². The third kappa shape index (κ3) is 2.48. The monoisotopic (exact) mass is 200 g/mol. The molecule has 14 heavy (non-hydrogen) atoms. The number of aliphatic carboxylic acids is 1. The highest BCUT2D eigenvalue weighted by atomic mass is 16.4. The average Bonchev–Trinajstić information content (AvgIpc) is 2.52. The van der Waals surface area contributed by atoms with Gasteiger partial charge in [-0.1, -0.05) is 0 Å². The number of carboxylic acids is 1. The summed E-state index contributed by atoms with van der Waals surface area (Å²) in [6, 6.07) is 0. The smallest absolute Gasteiger partial charge is 0.311 e. The molecule has 9 nitrogen and oxygen atoms in total. The van der Waals surface area contributed by atoms with E-state index in [0.717, 1.165) is 4.68 Å². The molecule has 0 saturated heterocycles. The minimum Gasteiger partial charge on any atom is -0.481 e. The Labute approximate surface area is 77.9 Å². The van der Waals surface area contributed by atoms with Crippen LogP contribution in [0.3, 0.4) is 0 Å². The van der Waals surface area contributed by atoms with Crippen molar-refractivity contribution in [1.29, 1.82) is 0 Å². The first-order valence-electron chi connectivity index (χ1n) is 3.59. The molecule has 1 heterocycles. The zero-order valence-corrected chi connectivity index (χ0v) is 7.04. The van der Waals surface area contributed by atoms with E-state index >= 15 is 0 Å². The number of carbonyl (C=O) groups is 2. The van der Waals surface area contributed by atoms with E-state index in [1.807, 2.05) is 5.43 Å². The zero-order valence-electron chi connectivity index (χ0n) is 7.04. The fourth-order valence-corrected chi connectivity index (χ4v) is 0.790. The van der Waals surface area contributed by atoms with Gasteiger partial charge in [-0.25, -0.2) is 10.5 Å². The van der Waals surface area contributed by atoms with Crippen LogP contribution < -0.4 is 11.3 Å². The van der Waals surface area contributed by atoms with Crippen LogP contribution in [0, 0.1) is 0 Å². The second kappa shape index (κ2) is 4.28. The van der Waals surface area contributed by atoms with Crippen molar-refractivity contribution in [2.24, 2.45) is 5.84 Å². The molecule has 1 aromatic rings. The summed E-state index contributed by atoms with van der Waals surface area (Å²) >= 11 is 0. The van der Waals surface area contributed by atoms with Crippen LogP contribution in [0.15, 0.2) is 0 Å². The van der Waals surface area contributed by atoms with Crippen LogP contribution in [-0.2, 0) is 22.6 Å². The molecule has 0 fully saturated rings. The number of carbonyl (C=O) groups excluding carboxylic acids is 1. The van der Waals surface area contributed by atoms with Crippen molar-refractivity contribution in [3.8, 4) is 0 Å². The Bertz CT molecular complexity index is 347. The van der Waals surface area contributed by atoms with E-state index in [9.17, 15) is 9.59 Å². The number of tetrazole rings is 1. The maximum Gasteiger partial charge on any atom is 0.311 e. The van der Waals surface area contributed by atoms with Crippen LogP contribution in [0.5, 0.6) is 0 Å². The quantitative estimate of drug-likeness (QED) is 0.273. The number of amides is 1. The molecule has 0 aromatic carbocycles. The highest BCUT2D eigenvalue weighted by Gasteiger charge is 2.12. The lowest BCUT2D eigenvalue weighted by molar-refractivity contribution is -0.136. The number of hydrazine groups is 1. The van der Waals surface area contributed by atoms with Gasteiger partial charge >= 0.3 is 5.97 Å². The second-order valence-electron chi connectivity index (χ2n) is 2.39. The molecule has 0 spiro atoms. The number of hydrogen-bond acceptors (Lipinski definition) is 6. The summed E-state index contributed by atoms with van der Waals surface area (Å²) in [6.07, 6.45) is -0.342. The Morgan fingerprint density at radius 3 is 2.86 bits per heavy atom. The number of nitrogens with one attached hydrogen (secondary N) is 1.